The molecule has 2 aromatic rings. The Balaban J connectivity index is 1.74. The van der Waals surface area contributed by atoms with Gasteiger partial charge >= 0.3 is 0 Å². The summed E-state index contributed by atoms with van der Waals surface area (Å²) in [6.07, 6.45) is 2.30. The molecule has 0 bridgehead atoms. The summed E-state index contributed by atoms with van der Waals surface area (Å²) in [7, 11) is 0. The largest absolute Gasteiger partial charge is 0.454 e. The molecule has 0 saturated heterocycles. The molecule has 2 atom stereocenters. The number of aryl methyl sites for hydroxylation is 1. The Bertz CT molecular complexity index is 884. The van der Waals surface area contributed by atoms with Crippen molar-refractivity contribution in [2.75, 3.05) is 6.79 Å². The monoisotopic (exact) mass is 424 g/mol. The van der Waals surface area contributed by atoms with Gasteiger partial charge in [-0.1, -0.05) is 50.2 Å². The van der Waals surface area contributed by atoms with Crippen molar-refractivity contribution in [2.45, 2.75) is 65.1 Å². The molecule has 1 aliphatic heterocycles. The van der Waals surface area contributed by atoms with Crippen LogP contribution in [0.25, 0.3) is 0 Å². The second kappa shape index (κ2) is 10.8. The second-order valence-corrected chi connectivity index (χ2v) is 7.94. The van der Waals surface area contributed by atoms with E-state index in [0.29, 0.717) is 31.6 Å². The number of carbonyl (C=O) groups is 2. The summed E-state index contributed by atoms with van der Waals surface area (Å²) in [5, 5.41) is 3.04. The highest BCUT2D eigenvalue weighted by molar-refractivity contribution is 5.88. The van der Waals surface area contributed by atoms with E-state index in [9.17, 15) is 9.59 Å². The number of hydrogen-bond acceptors (Lipinski definition) is 4. The molecule has 1 heterocycles. The predicted octanol–water partition coefficient (Wildman–Crippen LogP) is 4.07. The molecule has 3 rings (SSSR count). The predicted molar refractivity (Wildman–Crippen MR) is 120 cm³/mol. The van der Waals surface area contributed by atoms with Gasteiger partial charge in [-0.2, -0.15) is 0 Å². The van der Waals surface area contributed by atoms with Gasteiger partial charge in [0.2, 0.25) is 18.6 Å². The first-order chi connectivity index (χ1) is 15.0. The Kier molecular flexibility index (Phi) is 7.93. The summed E-state index contributed by atoms with van der Waals surface area (Å²) in [6, 6.07) is 15.1. The van der Waals surface area contributed by atoms with Crippen LogP contribution < -0.4 is 14.8 Å². The van der Waals surface area contributed by atoms with E-state index in [2.05, 4.69) is 5.32 Å². The highest BCUT2D eigenvalue weighted by Crippen LogP contribution is 2.32. The summed E-state index contributed by atoms with van der Waals surface area (Å²) in [5.74, 6) is 1.32. The third-order valence-corrected chi connectivity index (χ3v) is 5.65. The van der Waals surface area contributed by atoms with Crippen molar-refractivity contribution in [3.63, 3.8) is 0 Å². The van der Waals surface area contributed by atoms with E-state index in [1.54, 1.807) is 4.90 Å². The molecule has 6 nitrogen and oxygen atoms in total. The van der Waals surface area contributed by atoms with E-state index in [-0.39, 0.29) is 24.6 Å². The van der Waals surface area contributed by atoms with Gasteiger partial charge in [-0.15, -0.1) is 0 Å². The number of fused-ring (bicyclic) bond motifs is 1. The van der Waals surface area contributed by atoms with E-state index in [4.69, 9.17) is 9.47 Å². The first kappa shape index (κ1) is 22.7. The Morgan fingerprint density at radius 2 is 1.74 bits per heavy atom. The number of benzene rings is 2. The second-order valence-electron chi connectivity index (χ2n) is 7.94. The first-order valence-corrected chi connectivity index (χ1v) is 11.0. The maximum absolute atomic E-state index is 13.3. The van der Waals surface area contributed by atoms with Gasteiger partial charge in [-0.3, -0.25) is 9.59 Å². The molecular weight excluding hydrogens is 392 g/mol. The molecule has 0 fully saturated rings. The zero-order valence-electron chi connectivity index (χ0n) is 18.6. The van der Waals surface area contributed by atoms with Gasteiger partial charge in [0.15, 0.2) is 11.5 Å². The van der Waals surface area contributed by atoms with Gasteiger partial charge in [0.25, 0.3) is 0 Å². The zero-order valence-corrected chi connectivity index (χ0v) is 18.6. The van der Waals surface area contributed by atoms with Gasteiger partial charge in [0, 0.05) is 19.0 Å². The number of nitrogens with one attached hydrogen (secondary N) is 1. The number of rotatable bonds is 10. The third-order valence-electron chi connectivity index (χ3n) is 5.65. The maximum atomic E-state index is 13.3. The summed E-state index contributed by atoms with van der Waals surface area (Å²) in [6.45, 7) is 6.60. The van der Waals surface area contributed by atoms with Crippen LogP contribution in [-0.2, 0) is 22.6 Å². The summed E-state index contributed by atoms with van der Waals surface area (Å²) < 4.78 is 10.8. The van der Waals surface area contributed by atoms with E-state index >= 15 is 0 Å². The number of amides is 2. The maximum Gasteiger partial charge on any atom is 0.243 e. The quantitative estimate of drug-likeness (QED) is 0.624. The van der Waals surface area contributed by atoms with E-state index < -0.39 is 6.04 Å². The number of hydrogen-bond donors (Lipinski definition) is 1. The molecular formula is C25H32N2O4. The average molecular weight is 425 g/mol. The van der Waals surface area contributed by atoms with Crippen LogP contribution in [0.1, 0.15) is 51.2 Å². The molecule has 31 heavy (non-hydrogen) atoms. The molecule has 0 saturated carbocycles. The Hall–Kier alpha value is -3.02. The van der Waals surface area contributed by atoms with Crippen molar-refractivity contribution in [3.05, 3.63) is 59.7 Å². The van der Waals surface area contributed by atoms with Gasteiger partial charge in [-0.25, -0.2) is 0 Å². The molecule has 0 aliphatic carbocycles. The number of carbonyl (C=O) groups excluding carboxylic acids is 2. The van der Waals surface area contributed by atoms with Crippen molar-refractivity contribution in [3.8, 4) is 11.5 Å². The minimum Gasteiger partial charge on any atom is -0.454 e. The van der Waals surface area contributed by atoms with Crippen LogP contribution in [-0.4, -0.2) is 35.6 Å². The summed E-state index contributed by atoms with van der Waals surface area (Å²) >= 11 is 0. The van der Waals surface area contributed by atoms with Crippen LogP contribution in [0.15, 0.2) is 48.5 Å². The lowest BCUT2D eigenvalue weighted by molar-refractivity contribution is -0.141. The molecule has 0 spiro atoms. The summed E-state index contributed by atoms with van der Waals surface area (Å²) in [4.78, 5) is 28.0. The first-order valence-electron chi connectivity index (χ1n) is 11.0. The Morgan fingerprint density at radius 3 is 2.45 bits per heavy atom. The summed E-state index contributed by atoms with van der Waals surface area (Å²) in [5.41, 5.74) is 2.02. The topological polar surface area (TPSA) is 67.9 Å². The van der Waals surface area contributed by atoms with Crippen LogP contribution >= 0.6 is 0 Å². The van der Waals surface area contributed by atoms with E-state index in [0.717, 1.165) is 23.3 Å². The molecule has 166 valence electrons. The lowest BCUT2D eigenvalue weighted by Crippen LogP contribution is -2.50. The molecule has 6 heteroatoms. The molecule has 1 N–H and O–H groups in total. The van der Waals surface area contributed by atoms with Crippen LogP contribution in [0.3, 0.4) is 0 Å². The van der Waals surface area contributed by atoms with Gasteiger partial charge in [0.1, 0.15) is 6.04 Å². The van der Waals surface area contributed by atoms with Crippen LogP contribution in [0.4, 0.5) is 0 Å². The minimum atomic E-state index is -0.501. The number of ether oxygens (including phenoxy) is 2. The molecule has 0 aromatic heterocycles. The zero-order chi connectivity index (χ0) is 22.2. The van der Waals surface area contributed by atoms with Crippen molar-refractivity contribution in [1.29, 1.82) is 0 Å². The lowest BCUT2D eigenvalue weighted by Gasteiger charge is -2.31. The highest BCUT2D eigenvalue weighted by atomic mass is 16.7. The van der Waals surface area contributed by atoms with Crippen LogP contribution in [0, 0.1) is 0 Å². The van der Waals surface area contributed by atoms with Gasteiger partial charge in [0.05, 0.1) is 0 Å². The van der Waals surface area contributed by atoms with Crippen molar-refractivity contribution >= 4 is 11.8 Å². The van der Waals surface area contributed by atoms with Crippen LogP contribution in [0.2, 0.25) is 0 Å². The molecule has 2 amide bonds. The average Bonchev–Trinajstić information content (AvgIpc) is 3.25. The minimum absolute atomic E-state index is 0.0346. The Morgan fingerprint density at radius 1 is 1.00 bits per heavy atom. The fourth-order valence-electron chi connectivity index (χ4n) is 3.63. The molecule has 0 radical (unpaired) electrons. The van der Waals surface area contributed by atoms with Crippen molar-refractivity contribution in [1.82, 2.24) is 10.2 Å². The standard InChI is InChI=1S/C25H32N2O4/c1-4-18(3)26-25(29)21(5-2)27(16-20-9-7-6-8-10-20)24(28)14-12-19-11-13-22-23(15-19)31-17-30-22/h6-11,13,15,18,21H,4-5,12,14,16-17H2,1-3H3,(H,26,29)/t18-,21+/m0/s1. The lowest BCUT2D eigenvalue weighted by atomic mass is 10.1. The normalized spacial score (nSPS) is 14.0. The van der Waals surface area contributed by atoms with E-state index in [1.807, 2.05) is 69.3 Å². The fourth-order valence-corrected chi connectivity index (χ4v) is 3.63. The van der Waals surface area contributed by atoms with Gasteiger partial charge < -0.3 is 19.7 Å². The highest BCUT2D eigenvalue weighted by Gasteiger charge is 2.29. The molecule has 0 unspecified atom stereocenters. The number of nitrogens with zero attached hydrogens (tertiary/aromatic N) is 1. The Labute approximate surface area is 184 Å². The van der Waals surface area contributed by atoms with E-state index in [1.165, 1.54) is 0 Å². The fraction of sp³-hybridized carbons (Fsp3) is 0.440. The van der Waals surface area contributed by atoms with Crippen molar-refractivity contribution < 1.29 is 19.1 Å². The smallest absolute Gasteiger partial charge is 0.243 e. The van der Waals surface area contributed by atoms with Crippen LogP contribution in [0.5, 0.6) is 11.5 Å². The van der Waals surface area contributed by atoms with Crippen molar-refractivity contribution in [2.24, 2.45) is 0 Å². The third kappa shape index (κ3) is 6.00. The molecule has 1 aliphatic rings. The SMILES string of the molecule is CC[C@H](C(=O)N[C@@H](C)CC)N(Cc1ccccc1)C(=O)CCc1ccc2c(c1)OCO2. The van der Waals surface area contributed by atoms with Gasteiger partial charge in [-0.05, 0) is 49.4 Å². The molecule has 2 aromatic carbocycles.